The van der Waals surface area contributed by atoms with Gasteiger partial charge in [0.1, 0.15) is 11.8 Å². The number of nitrogens with zero attached hydrogens (tertiary/aromatic N) is 2. The lowest BCUT2D eigenvalue weighted by atomic mass is 10.3. The number of hydrogen-bond donors (Lipinski definition) is 0. The van der Waals surface area contributed by atoms with Crippen LogP contribution in [0.2, 0.25) is 5.15 Å². The van der Waals surface area contributed by atoms with E-state index in [-0.39, 0.29) is 0 Å². The van der Waals surface area contributed by atoms with E-state index in [0.717, 1.165) is 22.3 Å². The van der Waals surface area contributed by atoms with E-state index in [9.17, 15) is 0 Å². The van der Waals surface area contributed by atoms with Crippen molar-refractivity contribution in [1.82, 2.24) is 9.97 Å². The molecule has 2 rings (SSSR count). The van der Waals surface area contributed by atoms with Gasteiger partial charge in [-0.3, -0.25) is 0 Å². The molecule has 1 fully saturated rings. The quantitative estimate of drug-likeness (QED) is 0.462. The maximum absolute atomic E-state index is 6.09. The summed E-state index contributed by atoms with van der Waals surface area (Å²) in [4.78, 5) is 8.78. The summed E-state index contributed by atoms with van der Waals surface area (Å²) in [6.45, 7) is 3.29. The predicted molar refractivity (Wildman–Crippen MR) is 71.7 cm³/mol. The number of aromatic nitrogens is 2. The lowest BCUT2D eigenvalue weighted by molar-refractivity contribution is 0.116. The van der Waals surface area contributed by atoms with E-state index < -0.39 is 0 Å². The third-order valence-corrected chi connectivity index (χ3v) is 4.08. The molecule has 1 aliphatic carbocycles. The molecule has 0 atom stereocenters. The molecule has 0 bridgehead atoms. The van der Waals surface area contributed by atoms with Crippen molar-refractivity contribution in [3.05, 3.63) is 20.2 Å². The minimum atomic E-state index is 0.462. The highest BCUT2D eigenvalue weighted by Crippen LogP contribution is 2.42. The van der Waals surface area contributed by atoms with Gasteiger partial charge in [0, 0.05) is 12.5 Å². The van der Waals surface area contributed by atoms with Crippen LogP contribution in [0.5, 0.6) is 0 Å². The Morgan fingerprint density at radius 3 is 2.81 bits per heavy atom. The second-order valence-electron chi connectivity index (χ2n) is 3.96. The summed E-state index contributed by atoms with van der Waals surface area (Å²) in [6.07, 6.45) is 3.45. The molecule has 1 aliphatic rings. The molecule has 5 heteroatoms. The highest BCUT2D eigenvalue weighted by atomic mass is 127. The van der Waals surface area contributed by atoms with Gasteiger partial charge in [0.15, 0.2) is 5.82 Å². The summed E-state index contributed by atoms with van der Waals surface area (Å²) in [5.41, 5.74) is 1.11. The van der Waals surface area contributed by atoms with Gasteiger partial charge >= 0.3 is 0 Å². The summed E-state index contributed by atoms with van der Waals surface area (Å²) in [5, 5.41) is 0.563. The van der Waals surface area contributed by atoms with Crippen molar-refractivity contribution in [2.24, 2.45) is 0 Å². The van der Waals surface area contributed by atoms with Gasteiger partial charge < -0.3 is 4.74 Å². The van der Waals surface area contributed by atoms with Crippen LogP contribution < -0.4 is 0 Å². The second kappa shape index (κ2) is 5.60. The molecule has 88 valence electrons. The Kier molecular flexibility index (Phi) is 4.38. The van der Waals surface area contributed by atoms with Crippen molar-refractivity contribution >= 4 is 34.2 Å². The van der Waals surface area contributed by atoms with Gasteiger partial charge in [0.2, 0.25) is 0 Å². The number of rotatable bonds is 5. The van der Waals surface area contributed by atoms with Gasteiger partial charge in [-0.05, 0) is 41.9 Å². The lowest BCUT2D eigenvalue weighted by Crippen LogP contribution is -2.05. The largest absolute Gasteiger partial charge is 0.373 e. The topological polar surface area (TPSA) is 35.0 Å². The van der Waals surface area contributed by atoms with Gasteiger partial charge in [-0.1, -0.05) is 18.5 Å². The first-order valence-electron chi connectivity index (χ1n) is 5.52. The molecule has 0 unspecified atom stereocenters. The Labute approximate surface area is 114 Å². The molecular weight excluding hydrogens is 338 g/mol. The predicted octanol–water partition coefficient (Wildman–Crippen LogP) is 3.54. The smallest absolute Gasteiger partial charge is 0.156 e. The first-order valence-corrected chi connectivity index (χ1v) is 6.97. The summed E-state index contributed by atoms with van der Waals surface area (Å²) >= 11 is 8.31. The van der Waals surface area contributed by atoms with Crippen molar-refractivity contribution < 1.29 is 4.74 Å². The fourth-order valence-electron chi connectivity index (χ4n) is 1.48. The maximum atomic E-state index is 6.09. The molecule has 0 radical (unpaired) electrons. The average Bonchev–Trinajstić information content (AvgIpc) is 3.07. The van der Waals surface area contributed by atoms with Crippen LogP contribution >= 0.6 is 34.2 Å². The van der Waals surface area contributed by atoms with Gasteiger partial charge in [-0.2, -0.15) is 0 Å². The summed E-state index contributed by atoms with van der Waals surface area (Å²) < 4.78 is 6.43. The standard InChI is InChI=1S/C11H14ClIN2O/c1-2-5-16-6-8-14-10(7-3-4-7)9(13)11(12)15-8/h7H,2-6H2,1H3. The fourth-order valence-corrected chi connectivity index (χ4v) is 2.36. The lowest BCUT2D eigenvalue weighted by Gasteiger charge is -2.07. The van der Waals surface area contributed by atoms with Gasteiger partial charge in [-0.25, -0.2) is 9.97 Å². The molecule has 0 saturated heterocycles. The van der Waals surface area contributed by atoms with Gasteiger partial charge in [-0.15, -0.1) is 0 Å². The maximum Gasteiger partial charge on any atom is 0.156 e. The van der Waals surface area contributed by atoms with Crippen LogP contribution in [0.1, 0.15) is 43.6 Å². The highest BCUT2D eigenvalue weighted by Gasteiger charge is 2.29. The minimum absolute atomic E-state index is 0.462. The van der Waals surface area contributed by atoms with E-state index in [1.807, 2.05) is 0 Å². The Morgan fingerprint density at radius 1 is 1.44 bits per heavy atom. The SMILES string of the molecule is CCCOCc1nc(Cl)c(I)c(C2CC2)n1. The molecule has 0 aromatic carbocycles. The van der Waals surface area contributed by atoms with E-state index in [0.29, 0.717) is 23.5 Å². The third kappa shape index (κ3) is 3.05. The van der Waals surface area contributed by atoms with Crippen LogP contribution in [0.3, 0.4) is 0 Å². The summed E-state index contributed by atoms with van der Waals surface area (Å²) in [6, 6.07) is 0. The van der Waals surface area contributed by atoms with Crippen LogP contribution in [-0.2, 0) is 11.3 Å². The van der Waals surface area contributed by atoms with Crippen molar-refractivity contribution in [3.63, 3.8) is 0 Å². The first kappa shape index (κ1) is 12.5. The van der Waals surface area contributed by atoms with Crippen LogP contribution in [-0.4, -0.2) is 16.6 Å². The van der Waals surface area contributed by atoms with Crippen LogP contribution in [0, 0.1) is 3.57 Å². The van der Waals surface area contributed by atoms with Crippen LogP contribution in [0.25, 0.3) is 0 Å². The minimum Gasteiger partial charge on any atom is -0.373 e. The van der Waals surface area contributed by atoms with Crippen molar-refractivity contribution in [2.75, 3.05) is 6.61 Å². The second-order valence-corrected chi connectivity index (χ2v) is 5.39. The van der Waals surface area contributed by atoms with E-state index in [1.54, 1.807) is 0 Å². The molecule has 3 nitrogen and oxygen atoms in total. The summed E-state index contributed by atoms with van der Waals surface area (Å²) in [5.74, 6) is 1.30. The molecule has 0 aliphatic heterocycles. The van der Waals surface area contributed by atoms with Crippen molar-refractivity contribution in [2.45, 2.75) is 38.7 Å². The van der Waals surface area contributed by atoms with Crippen molar-refractivity contribution in [1.29, 1.82) is 0 Å². The molecule has 0 amide bonds. The van der Waals surface area contributed by atoms with E-state index in [4.69, 9.17) is 16.3 Å². The summed E-state index contributed by atoms with van der Waals surface area (Å²) in [7, 11) is 0. The van der Waals surface area contributed by atoms with Gasteiger partial charge in [0.05, 0.1) is 9.26 Å². The van der Waals surface area contributed by atoms with Crippen molar-refractivity contribution in [3.8, 4) is 0 Å². The fraction of sp³-hybridized carbons (Fsp3) is 0.636. The monoisotopic (exact) mass is 352 g/mol. The molecule has 0 spiro atoms. The zero-order valence-electron chi connectivity index (χ0n) is 9.17. The molecule has 0 N–H and O–H groups in total. The number of halogens is 2. The zero-order chi connectivity index (χ0) is 11.5. The number of ether oxygens (including phenoxy) is 1. The van der Waals surface area contributed by atoms with Gasteiger partial charge in [0.25, 0.3) is 0 Å². The van der Waals surface area contributed by atoms with Crippen LogP contribution in [0.15, 0.2) is 0 Å². The molecule has 1 saturated carbocycles. The first-order chi connectivity index (χ1) is 7.72. The Balaban J connectivity index is 2.13. The van der Waals surface area contributed by atoms with E-state index in [1.165, 1.54) is 12.8 Å². The Morgan fingerprint density at radius 2 is 2.19 bits per heavy atom. The molecule has 1 heterocycles. The molecule has 1 aromatic rings. The highest BCUT2D eigenvalue weighted by molar-refractivity contribution is 14.1. The van der Waals surface area contributed by atoms with Crippen LogP contribution in [0.4, 0.5) is 0 Å². The Bertz CT molecular complexity index is 382. The Hall–Kier alpha value is 0.0600. The van der Waals surface area contributed by atoms with E-state index >= 15 is 0 Å². The number of hydrogen-bond acceptors (Lipinski definition) is 3. The molecular formula is C11H14ClIN2O. The molecule has 1 aromatic heterocycles. The van der Waals surface area contributed by atoms with E-state index in [2.05, 4.69) is 39.5 Å². The average molecular weight is 353 g/mol. The normalized spacial score (nSPS) is 15.4. The third-order valence-electron chi connectivity index (χ3n) is 2.43. The zero-order valence-corrected chi connectivity index (χ0v) is 12.1. The molecule has 16 heavy (non-hydrogen) atoms.